The number of phenols is 1. The lowest BCUT2D eigenvalue weighted by Crippen LogP contribution is -2.34. The van der Waals surface area contributed by atoms with E-state index in [1.165, 1.54) is 12.1 Å². The summed E-state index contributed by atoms with van der Waals surface area (Å²) in [6, 6.07) is 4.50. The largest absolute Gasteiger partial charge is 0.506 e. The van der Waals surface area contributed by atoms with Crippen molar-refractivity contribution in [2.45, 2.75) is 13.8 Å². The van der Waals surface area contributed by atoms with E-state index < -0.39 is 0 Å². The number of aromatic hydroxyl groups is 1. The fraction of sp³-hybridized carbons (Fsp3) is 0.462. The van der Waals surface area contributed by atoms with Crippen molar-refractivity contribution in [2.24, 2.45) is 0 Å². The van der Waals surface area contributed by atoms with Crippen molar-refractivity contribution in [1.29, 1.82) is 0 Å². The van der Waals surface area contributed by atoms with E-state index in [9.17, 15) is 9.90 Å². The smallest absolute Gasteiger partial charge is 0.251 e. The highest BCUT2D eigenvalue weighted by atomic mass is 16.3. The molecule has 18 heavy (non-hydrogen) atoms. The Balaban J connectivity index is 2.48. The zero-order valence-electron chi connectivity index (χ0n) is 10.9. The van der Waals surface area contributed by atoms with Crippen LogP contribution in [0.4, 0.5) is 5.69 Å². The van der Waals surface area contributed by atoms with Gasteiger partial charge in [-0.05, 0) is 31.3 Å². The summed E-state index contributed by atoms with van der Waals surface area (Å²) >= 11 is 0. The second-order valence-electron chi connectivity index (χ2n) is 4.06. The number of carbonyl (C=O) groups excluding carboxylic acids is 1. The zero-order valence-corrected chi connectivity index (χ0v) is 10.9. The SMILES string of the molecule is CCN(CC)CCNC(=O)c1ccc(N)c(O)c1. The summed E-state index contributed by atoms with van der Waals surface area (Å²) in [4.78, 5) is 14.0. The Bertz CT molecular complexity index is 403. The van der Waals surface area contributed by atoms with Crippen LogP contribution in [0.3, 0.4) is 0 Å². The number of amides is 1. The number of likely N-dealkylation sites (N-methyl/N-ethyl adjacent to an activating group) is 1. The van der Waals surface area contributed by atoms with Crippen LogP contribution in [-0.2, 0) is 0 Å². The Morgan fingerprint density at radius 1 is 1.39 bits per heavy atom. The van der Waals surface area contributed by atoms with Crippen molar-refractivity contribution in [3.8, 4) is 5.75 Å². The minimum atomic E-state index is -0.197. The predicted octanol–water partition coefficient (Wildman–Crippen LogP) is 1.05. The Morgan fingerprint density at radius 2 is 2.06 bits per heavy atom. The van der Waals surface area contributed by atoms with E-state index in [0.717, 1.165) is 19.6 Å². The molecular weight excluding hydrogens is 230 g/mol. The first-order valence-electron chi connectivity index (χ1n) is 6.17. The maximum atomic E-state index is 11.8. The highest BCUT2D eigenvalue weighted by Gasteiger charge is 2.08. The maximum Gasteiger partial charge on any atom is 0.251 e. The van der Waals surface area contributed by atoms with Gasteiger partial charge in [-0.1, -0.05) is 13.8 Å². The van der Waals surface area contributed by atoms with Crippen LogP contribution >= 0.6 is 0 Å². The fourth-order valence-electron chi connectivity index (χ4n) is 1.65. The lowest BCUT2D eigenvalue weighted by atomic mass is 10.2. The molecule has 0 aliphatic heterocycles. The van der Waals surface area contributed by atoms with Crippen molar-refractivity contribution >= 4 is 11.6 Å². The third-order valence-corrected chi connectivity index (χ3v) is 2.90. The van der Waals surface area contributed by atoms with Gasteiger partial charge in [0, 0.05) is 18.7 Å². The molecule has 0 aliphatic rings. The van der Waals surface area contributed by atoms with E-state index in [1.54, 1.807) is 6.07 Å². The summed E-state index contributed by atoms with van der Waals surface area (Å²) in [5, 5.41) is 12.2. The van der Waals surface area contributed by atoms with Crippen LogP contribution in [0.2, 0.25) is 0 Å². The molecule has 0 unspecified atom stereocenters. The number of nitrogen functional groups attached to an aromatic ring is 1. The van der Waals surface area contributed by atoms with Crippen LogP contribution in [0.15, 0.2) is 18.2 Å². The summed E-state index contributed by atoms with van der Waals surface area (Å²) in [6.07, 6.45) is 0. The fourth-order valence-corrected chi connectivity index (χ4v) is 1.65. The number of hydrogen-bond acceptors (Lipinski definition) is 4. The standard InChI is InChI=1S/C13H21N3O2/c1-3-16(4-2)8-7-15-13(18)10-5-6-11(14)12(17)9-10/h5-6,9,17H,3-4,7-8,14H2,1-2H3,(H,15,18). The maximum absolute atomic E-state index is 11.8. The molecule has 1 rings (SSSR count). The number of nitrogens with one attached hydrogen (secondary N) is 1. The van der Waals surface area contributed by atoms with Gasteiger partial charge in [-0.15, -0.1) is 0 Å². The first-order chi connectivity index (χ1) is 8.58. The summed E-state index contributed by atoms with van der Waals surface area (Å²) in [5.74, 6) is -0.260. The minimum absolute atomic E-state index is 0.0635. The average Bonchev–Trinajstić information content (AvgIpc) is 2.37. The number of phenolic OH excluding ortho intramolecular Hbond substituents is 1. The molecule has 0 radical (unpaired) electrons. The highest BCUT2D eigenvalue weighted by Crippen LogP contribution is 2.20. The predicted molar refractivity (Wildman–Crippen MR) is 72.6 cm³/mol. The van der Waals surface area contributed by atoms with Crippen LogP contribution in [0, 0.1) is 0 Å². The Hall–Kier alpha value is -1.75. The van der Waals surface area contributed by atoms with Gasteiger partial charge in [-0.25, -0.2) is 0 Å². The molecule has 0 aliphatic carbocycles. The average molecular weight is 251 g/mol. The number of rotatable bonds is 6. The van der Waals surface area contributed by atoms with Crippen LogP contribution < -0.4 is 11.1 Å². The molecule has 0 fully saturated rings. The minimum Gasteiger partial charge on any atom is -0.506 e. The molecule has 0 heterocycles. The molecule has 5 nitrogen and oxygen atoms in total. The van der Waals surface area contributed by atoms with E-state index in [0.29, 0.717) is 12.1 Å². The molecule has 0 saturated carbocycles. The first kappa shape index (κ1) is 14.3. The van der Waals surface area contributed by atoms with Gasteiger partial charge >= 0.3 is 0 Å². The van der Waals surface area contributed by atoms with Crippen LogP contribution in [0.1, 0.15) is 24.2 Å². The molecule has 1 aromatic carbocycles. The summed E-state index contributed by atoms with van der Waals surface area (Å²) in [7, 11) is 0. The van der Waals surface area contributed by atoms with E-state index in [1.807, 2.05) is 0 Å². The number of benzene rings is 1. The lowest BCUT2D eigenvalue weighted by Gasteiger charge is -2.17. The molecule has 0 atom stereocenters. The molecule has 0 spiro atoms. The van der Waals surface area contributed by atoms with Crippen LogP contribution in [0.5, 0.6) is 5.75 Å². The zero-order chi connectivity index (χ0) is 13.5. The number of hydrogen-bond donors (Lipinski definition) is 3. The molecule has 5 heteroatoms. The summed E-state index contributed by atoms with van der Waals surface area (Å²) < 4.78 is 0. The van der Waals surface area contributed by atoms with Gasteiger partial charge in [0.15, 0.2) is 0 Å². The van der Waals surface area contributed by atoms with Crippen molar-refractivity contribution in [3.05, 3.63) is 23.8 Å². The van der Waals surface area contributed by atoms with Crippen molar-refractivity contribution in [2.75, 3.05) is 31.9 Å². The number of carbonyl (C=O) groups is 1. The molecule has 1 aromatic rings. The Kier molecular flexibility index (Phi) is 5.45. The van der Waals surface area contributed by atoms with Crippen molar-refractivity contribution < 1.29 is 9.90 Å². The molecule has 0 saturated heterocycles. The monoisotopic (exact) mass is 251 g/mol. The van der Waals surface area contributed by atoms with E-state index >= 15 is 0 Å². The van der Waals surface area contributed by atoms with Gasteiger partial charge in [0.1, 0.15) is 5.75 Å². The quantitative estimate of drug-likeness (QED) is 0.521. The van der Waals surface area contributed by atoms with Gasteiger partial charge in [0.25, 0.3) is 5.91 Å². The van der Waals surface area contributed by atoms with E-state index in [-0.39, 0.29) is 17.3 Å². The second kappa shape index (κ2) is 6.86. The van der Waals surface area contributed by atoms with Gasteiger partial charge in [0.05, 0.1) is 5.69 Å². The lowest BCUT2D eigenvalue weighted by molar-refractivity contribution is 0.0948. The highest BCUT2D eigenvalue weighted by molar-refractivity contribution is 5.95. The normalized spacial score (nSPS) is 10.6. The van der Waals surface area contributed by atoms with Crippen LogP contribution in [0.25, 0.3) is 0 Å². The summed E-state index contributed by atoms with van der Waals surface area (Å²) in [6.45, 7) is 7.52. The molecule has 1 amide bonds. The summed E-state index contributed by atoms with van der Waals surface area (Å²) in [5.41, 5.74) is 6.17. The molecule has 0 bridgehead atoms. The number of nitrogens with two attached hydrogens (primary N) is 1. The van der Waals surface area contributed by atoms with E-state index in [4.69, 9.17) is 5.73 Å². The molecule has 100 valence electrons. The third-order valence-electron chi connectivity index (χ3n) is 2.90. The van der Waals surface area contributed by atoms with Gasteiger partial charge in [-0.3, -0.25) is 4.79 Å². The van der Waals surface area contributed by atoms with Crippen molar-refractivity contribution in [3.63, 3.8) is 0 Å². The number of nitrogens with zero attached hydrogens (tertiary/aromatic N) is 1. The molecule has 4 N–H and O–H groups in total. The molecule has 0 aromatic heterocycles. The van der Waals surface area contributed by atoms with E-state index in [2.05, 4.69) is 24.1 Å². The third kappa shape index (κ3) is 3.92. The van der Waals surface area contributed by atoms with Crippen LogP contribution in [-0.4, -0.2) is 42.1 Å². The Morgan fingerprint density at radius 3 is 2.61 bits per heavy atom. The van der Waals surface area contributed by atoms with Crippen molar-refractivity contribution in [1.82, 2.24) is 10.2 Å². The Labute approximate surface area is 108 Å². The second-order valence-corrected chi connectivity index (χ2v) is 4.06. The molecular formula is C13H21N3O2. The van der Waals surface area contributed by atoms with Gasteiger partial charge in [0.2, 0.25) is 0 Å². The number of anilines is 1. The van der Waals surface area contributed by atoms with Gasteiger partial charge < -0.3 is 21.1 Å². The first-order valence-corrected chi connectivity index (χ1v) is 6.17. The van der Waals surface area contributed by atoms with Gasteiger partial charge in [-0.2, -0.15) is 0 Å². The topological polar surface area (TPSA) is 78.6 Å².